The van der Waals surface area contributed by atoms with Gasteiger partial charge < -0.3 is 15.2 Å². The van der Waals surface area contributed by atoms with E-state index in [2.05, 4.69) is 46.6 Å². The van der Waals surface area contributed by atoms with Gasteiger partial charge in [-0.15, -0.1) is 0 Å². The van der Waals surface area contributed by atoms with E-state index in [9.17, 15) is 4.79 Å². The molecule has 0 radical (unpaired) electrons. The highest BCUT2D eigenvalue weighted by atomic mass is 16.2. The SMILES string of the molecule is CCC1CCCCN1C(=O)c1cc(NCCc2c[nH]c3ccccc23)ccn1. The number of amides is 1. The van der Waals surface area contributed by atoms with Gasteiger partial charge in [0.1, 0.15) is 5.69 Å². The fourth-order valence-corrected chi connectivity index (χ4v) is 4.18. The van der Waals surface area contributed by atoms with Crippen molar-refractivity contribution in [2.24, 2.45) is 0 Å². The van der Waals surface area contributed by atoms with Crippen LogP contribution in [0.1, 0.15) is 48.7 Å². The normalized spacial score (nSPS) is 17.0. The number of carbonyl (C=O) groups is 1. The maximum Gasteiger partial charge on any atom is 0.272 e. The molecule has 1 atom stereocenters. The molecular formula is C23H28N4O. The van der Waals surface area contributed by atoms with Crippen LogP contribution in [0.2, 0.25) is 0 Å². The maximum absolute atomic E-state index is 13.0. The molecule has 1 unspecified atom stereocenters. The average Bonchev–Trinajstić information content (AvgIpc) is 3.16. The molecule has 146 valence electrons. The van der Waals surface area contributed by atoms with Crippen LogP contribution >= 0.6 is 0 Å². The molecule has 5 nitrogen and oxygen atoms in total. The quantitative estimate of drug-likeness (QED) is 0.660. The molecule has 0 bridgehead atoms. The van der Waals surface area contributed by atoms with E-state index < -0.39 is 0 Å². The molecule has 1 aromatic carbocycles. The lowest BCUT2D eigenvalue weighted by Crippen LogP contribution is -2.43. The van der Waals surface area contributed by atoms with Crippen LogP contribution in [0.4, 0.5) is 5.69 Å². The molecule has 1 saturated heterocycles. The second-order valence-corrected chi connectivity index (χ2v) is 7.52. The Balaban J connectivity index is 1.40. The number of carbonyl (C=O) groups excluding carboxylic acids is 1. The molecule has 1 fully saturated rings. The van der Waals surface area contributed by atoms with Gasteiger partial charge in [0.2, 0.25) is 0 Å². The van der Waals surface area contributed by atoms with Crippen LogP contribution in [-0.4, -0.2) is 39.9 Å². The number of para-hydroxylation sites is 1. The summed E-state index contributed by atoms with van der Waals surface area (Å²) in [6.07, 6.45) is 9.13. The number of hydrogen-bond acceptors (Lipinski definition) is 3. The van der Waals surface area contributed by atoms with Crippen LogP contribution in [0.5, 0.6) is 0 Å². The van der Waals surface area contributed by atoms with E-state index in [1.165, 1.54) is 22.9 Å². The summed E-state index contributed by atoms with van der Waals surface area (Å²) in [5.41, 5.74) is 3.95. The molecule has 5 heteroatoms. The van der Waals surface area contributed by atoms with Crippen molar-refractivity contribution < 1.29 is 4.79 Å². The topological polar surface area (TPSA) is 61.0 Å². The Hall–Kier alpha value is -2.82. The molecule has 2 N–H and O–H groups in total. The fraction of sp³-hybridized carbons (Fsp3) is 0.391. The Labute approximate surface area is 166 Å². The summed E-state index contributed by atoms with van der Waals surface area (Å²) in [4.78, 5) is 22.6. The molecule has 1 amide bonds. The summed E-state index contributed by atoms with van der Waals surface area (Å²) in [6.45, 7) is 3.81. The largest absolute Gasteiger partial charge is 0.385 e. The number of fused-ring (bicyclic) bond motifs is 1. The third kappa shape index (κ3) is 3.88. The Kier molecular flexibility index (Phi) is 5.60. The molecule has 3 heterocycles. The van der Waals surface area contributed by atoms with Crippen molar-refractivity contribution in [3.8, 4) is 0 Å². The molecule has 1 aliphatic rings. The highest BCUT2D eigenvalue weighted by molar-refractivity contribution is 5.93. The van der Waals surface area contributed by atoms with Crippen LogP contribution in [0, 0.1) is 0 Å². The zero-order chi connectivity index (χ0) is 19.3. The summed E-state index contributed by atoms with van der Waals surface area (Å²) >= 11 is 0. The first-order valence-electron chi connectivity index (χ1n) is 10.3. The van der Waals surface area contributed by atoms with E-state index in [0.29, 0.717) is 11.7 Å². The van der Waals surface area contributed by atoms with Crippen LogP contribution in [-0.2, 0) is 6.42 Å². The van der Waals surface area contributed by atoms with E-state index in [1.807, 2.05) is 23.1 Å². The summed E-state index contributed by atoms with van der Waals surface area (Å²) < 4.78 is 0. The minimum Gasteiger partial charge on any atom is -0.385 e. The summed E-state index contributed by atoms with van der Waals surface area (Å²) in [7, 11) is 0. The molecule has 4 rings (SSSR count). The van der Waals surface area contributed by atoms with E-state index in [4.69, 9.17) is 0 Å². The highest BCUT2D eigenvalue weighted by Crippen LogP contribution is 2.22. The van der Waals surface area contributed by atoms with Crippen molar-refractivity contribution in [1.82, 2.24) is 14.9 Å². The molecule has 0 aliphatic carbocycles. The van der Waals surface area contributed by atoms with E-state index in [1.54, 1.807) is 6.20 Å². The number of benzene rings is 1. The predicted molar refractivity (Wildman–Crippen MR) is 114 cm³/mol. The number of H-pyrrole nitrogens is 1. The van der Waals surface area contributed by atoms with Crippen molar-refractivity contribution in [3.05, 3.63) is 60.0 Å². The van der Waals surface area contributed by atoms with Crippen molar-refractivity contribution in [2.45, 2.75) is 45.1 Å². The summed E-state index contributed by atoms with van der Waals surface area (Å²) in [6, 6.07) is 12.5. The molecule has 0 saturated carbocycles. The number of rotatable bonds is 6. The second kappa shape index (κ2) is 8.46. The number of nitrogens with zero attached hydrogens (tertiary/aromatic N) is 2. The standard InChI is InChI=1S/C23H28N4O/c1-2-19-7-5-6-14-27(19)23(28)22-15-18(11-13-25-22)24-12-10-17-16-26-21-9-4-3-8-20(17)21/h3-4,8-9,11,13,15-16,19,26H,2,5-7,10,12,14H2,1H3,(H,24,25). The average molecular weight is 377 g/mol. The van der Waals surface area contributed by atoms with Crippen molar-refractivity contribution in [3.63, 3.8) is 0 Å². The highest BCUT2D eigenvalue weighted by Gasteiger charge is 2.26. The number of aromatic nitrogens is 2. The monoisotopic (exact) mass is 376 g/mol. The lowest BCUT2D eigenvalue weighted by molar-refractivity contribution is 0.0602. The Morgan fingerprint density at radius 1 is 1.29 bits per heavy atom. The number of nitrogens with one attached hydrogen (secondary N) is 2. The van der Waals surface area contributed by atoms with Gasteiger partial charge in [0.15, 0.2) is 0 Å². The van der Waals surface area contributed by atoms with Crippen molar-refractivity contribution in [2.75, 3.05) is 18.4 Å². The molecular weight excluding hydrogens is 348 g/mol. The van der Waals surface area contributed by atoms with Gasteiger partial charge in [0, 0.05) is 48.1 Å². The minimum absolute atomic E-state index is 0.0619. The number of piperidine rings is 1. The number of pyridine rings is 1. The number of likely N-dealkylation sites (tertiary alicyclic amines) is 1. The zero-order valence-electron chi connectivity index (χ0n) is 16.4. The van der Waals surface area contributed by atoms with E-state index in [0.717, 1.165) is 44.5 Å². The molecule has 28 heavy (non-hydrogen) atoms. The first kappa shape index (κ1) is 18.5. The van der Waals surface area contributed by atoms with Crippen LogP contribution in [0.3, 0.4) is 0 Å². The van der Waals surface area contributed by atoms with Gasteiger partial charge in [0.05, 0.1) is 0 Å². The van der Waals surface area contributed by atoms with Crippen LogP contribution in [0.25, 0.3) is 10.9 Å². The van der Waals surface area contributed by atoms with Crippen LogP contribution < -0.4 is 5.32 Å². The molecule has 3 aromatic rings. The predicted octanol–water partition coefficient (Wildman–Crippen LogP) is 4.62. The van der Waals surface area contributed by atoms with Gasteiger partial charge >= 0.3 is 0 Å². The smallest absolute Gasteiger partial charge is 0.272 e. The van der Waals surface area contributed by atoms with E-state index in [-0.39, 0.29) is 5.91 Å². The second-order valence-electron chi connectivity index (χ2n) is 7.52. The van der Waals surface area contributed by atoms with Gasteiger partial charge in [-0.2, -0.15) is 0 Å². The van der Waals surface area contributed by atoms with Gasteiger partial charge in [0.25, 0.3) is 5.91 Å². The fourth-order valence-electron chi connectivity index (χ4n) is 4.18. The Morgan fingerprint density at radius 2 is 2.18 bits per heavy atom. The maximum atomic E-state index is 13.0. The van der Waals surface area contributed by atoms with Crippen molar-refractivity contribution >= 4 is 22.5 Å². The molecule has 2 aromatic heterocycles. The first-order valence-corrected chi connectivity index (χ1v) is 10.3. The lowest BCUT2D eigenvalue weighted by atomic mass is 9.99. The molecule has 1 aliphatic heterocycles. The minimum atomic E-state index is 0.0619. The molecule has 0 spiro atoms. The Bertz CT molecular complexity index is 948. The third-order valence-corrected chi connectivity index (χ3v) is 5.74. The number of hydrogen-bond donors (Lipinski definition) is 2. The van der Waals surface area contributed by atoms with E-state index >= 15 is 0 Å². The van der Waals surface area contributed by atoms with Crippen LogP contribution in [0.15, 0.2) is 48.8 Å². The number of anilines is 1. The van der Waals surface area contributed by atoms with Gasteiger partial charge in [-0.1, -0.05) is 25.1 Å². The summed E-state index contributed by atoms with van der Waals surface area (Å²) in [5.74, 6) is 0.0619. The lowest BCUT2D eigenvalue weighted by Gasteiger charge is -2.35. The van der Waals surface area contributed by atoms with Gasteiger partial charge in [-0.25, -0.2) is 0 Å². The van der Waals surface area contributed by atoms with Gasteiger partial charge in [-0.3, -0.25) is 9.78 Å². The third-order valence-electron chi connectivity index (χ3n) is 5.74. The summed E-state index contributed by atoms with van der Waals surface area (Å²) in [5, 5.41) is 4.72. The van der Waals surface area contributed by atoms with Gasteiger partial charge in [-0.05, 0) is 55.9 Å². The number of aromatic amines is 1. The Morgan fingerprint density at radius 3 is 3.07 bits per heavy atom. The zero-order valence-corrected chi connectivity index (χ0v) is 16.4. The van der Waals surface area contributed by atoms with Crippen molar-refractivity contribution in [1.29, 1.82) is 0 Å². The first-order chi connectivity index (χ1) is 13.8.